The molecule has 1 fully saturated rings. The molecule has 0 radical (unpaired) electrons. The molecule has 0 saturated heterocycles. The van der Waals surface area contributed by atoms with Gasteiger partial charge in [-0.3, -0.25) is 0 Å². The average Bonchev–Trinajstić information content (AvgIpc) is 2.16. The van der Waals surface area contributed by atoms with E-state index in [1.165, 1.54) is 18.2 Å². The van der Waals surface area contributed by atoms with Gasteiger partial charge >= 0.3 is 6.18 Å². The lowest BCUT2D eigenvalue weighted by Crippen LogP contribution is -2.33. The van der Waals surface area contributed by atoms with E-state index in [2.05, 4.69) is 6.92 Å². The van der Waals surface area contributed by atoms with Crippen LogP contribution in [0.15, 0.2) is 0 Å². The quantitative estimate of drug-likeness (QED) is 0.832. The monoisotopic (exact) mass is 255 g/mol. The number of hydrogen-bond acceptors (Lipinski definition) is 2. The molecule has 0 aliphatic heterocycles. The molecular formula is C11H20F3NS. The topological polar surface area (TPSA) is 26.0 Å². The van der Waals surface area contributed by atoms with Crippen molar-refractivity contribution in [3.63, 3.8) is 0 Å². The first-order valence-electron chi connectivity index (χ1n) is 5.82. The smallest absolute Gasteiger partial charge is 0.330 e. The lowest BCUT2D eigenvalue weighted by molar-refractivity contribution is -0.165. The Morgan fingerprint density at radius 3 is 2.56 bits per heavy atom. The van der Waals surface area contributed by atoms with Crippen LogP contribution in [0.3, 0.4) is 0 Å². The Kier molecular flexibility index (Phi) is 5.44. The second kappa shape index (κ2) is 6.15. The molecule has 3 unspecified atom stereocenters. The van der Waals surface area contributed by atoms with Gasteiger partial charge in [0.1, 0.15) is 0 Å². The summed E-state index contributed by atoms with van der Waals surface area (Å²) in [6.07, 6.45) is 0.348. The van der Waals surface area contributed by atoms with Crippen molar-refractivity contribution in [1.82, 2.24) is 0 Å². The lowest BCUT2D eigenvalue weighted by Gasteiger charge is -2.28. The molecule has 0 bridgehead atoms. The van der Waals surface area contributed by atoms with E-state index < -0.39 is 12.1 Å². The maximum Gasteiger partial charge on any atom is 0.393 e. The summed E-state index contributed by atoms with van der Waals surface area (Å²) in [6.45, 7) is 1.88. The molecule has 1 aliphatic carbocycles. The summed E-state index contributed by atoms with van der Waals surface area (Å²) in [5.41, 5.74) is 5.17. The highest BCUT2D eigenvalue weighted by atomic mass is 32.2. The van der Waals surface area contributed by atoms with Crippen molar-refractivity contribution in [1.29, 1.82) is 0 Å². The van der Waals surface area contributed by atoms with Gasteiger partial charge in [-0.15, -0.1) is 0 Å². The van der Waals surface area contributed by atoms with Gasteiger partial charge in [0.25, 0.3) is 0 Å². The molecule has 0 aromatic heterocycles. The Labute approximate surface area is 99.3 Å². The Bertz CT molecular complexity index is 208. The lowest BCUT2D eigenvalue weighted by atomic mass is 9.91. The Morgan fingerprint density at radius 1 is 1.38 bits per heavy atom. The van der Waals surface area contributed by atoms with Gasteiger partial charge in [-0.25, -0.2) is 0 Å². The molecule has 0 heterocycles. The van der Waals surface area contributed by atoms with Crippen LogP contribution in [0.4, 0.5) is 13.2 Å². The van der Waals surface area contributed by atoms with E-state index in [1.807, 2.05) is 0 Å². The summed E-state index contributed by atoms with van der Waals surface area (Å²) in [7, 11) is 0. The summed E-state index contributed by atoms with van der Waals surface area (Å²) < 4.78 is 37.4. The van der Waals surface area contributed by atoms with Gasteiger partial charge in [0, 0.05) is 17.5 Å². The van der Waals surface area contributed by atoms with Gasteiger partial charge in [0.05, 0.1) is 5.92 Å². The Hall–Kier alpha value is 0.100. The van der Waals surface area contributed by atoms with E-state index in [-0.39, 0.29) is 12.3 Å². The van der Waals surface area contributed by atoms with E-state index in [0.717, 1.165) is 19.3 Å². The fourth-order valence-corrected chi connectivity index (χ4v) is 3.71. The number of alkyl halides is 3. The van der Waals surface area contributed by atoms with Gasteiger partial charge in [-0.1, -0.05) is 19.8 Å². The minimum absolute atomic E-state index is 0.122. The van der Waals surface area contributed by atoms with Crippen LogP contribution in [0.2, 0.25) is 0 Å². The molecule has 0 spiro atoms. The first-order valence-corrected chi connectivity index (χ1v) is 6.86. The maximum atomic E-state index is 12.5. The van der Waals surface area contributed by atoms with E-state index in [1.54, 1.807) is 0 Å². The summed E-state index contributed by atoms with van der Waals surface area (Å²) in [6, 6.07) is 0. The van der Waals surface area contributed by atoms with Gasteiger partial charge in [-0.05, 0) is 18.8 Å². The number of rotatable bonds is 4. The van der Waals surface area contributed by atoms with E-state index in [0.29, 0.717) is 11.2 Å². The number of halogens is 3. The second-order valence-corrected chi connectivity index (χ2v) is 6.03. The normalized spacial score (nSPS) is 29.1. The summed E-state index contributed by atoms with van der Waals surface area (Å²) in [5, 5.41) is 0.403. The van der Waals surface area contributed by atoms with Gasteiger partial charge in [-0.2, -0.15) is 24.9 Å². The molecular weight excluding hydrogens is 235 g/mol. The van der Waals surface area contributed by atoms with E-state index in [4.69, 9.17) is 5.73 Å². The van der Waals surface area contributed by atoms with E-state index >= 15 is 0 Å². The predicted molar refractivity (Wildman–Crippen MR) is 62.5 cm³/mol. The molecule has 96 valence electrons. The van der Waals surface area contributed by atoms with Crippen LogP contribution in [0, 0.1) is 11.8 Å². The van der Waals surface area contributed by atoms with Crippen LogP contribution >= 0.6 is 11.8 Å². The van der Waals surface area contributed by atoms with Crippen molar-refractivity contribution in [2.24, 2.45) is 17.6 Å². The number of thioether (sulfide) groups is 1. The molecule has 3 atom stereocenters. The van der Waals surface area contributed by atoms with Crippen LogP contribution < -0.4 is 5.73 Å². The van der Waals surface area contributed by atoms with Gasteiger partial charge in [0.2, 0.25) is 0 Å². The highest BCUT2D eigenvalue weighted by molar-refractivity contribution is 7.99. The Morgan fingerprint density at radius 2 is 2.06 bits per heavy atom. The van der Waals surface area contributed by atoms with Crippen molar-refractivity contribution < 1.29 is 13.2 Å². The largest absolute Gasteiger partial charge is 0.393 e. The molecule has 5 heteroatoms. The molecule has 0 aromatic carbocycles. The zero-order chi connectivity index (χ0) is 12.2. The average molecular weight is 255 g/mol. The predicted octanol–water partition coefficient (Wildman–Crippen LogP) is 3.44. The molecule has 1 aliphatic rings. The first-order chi connectivity index (χ1) is 7.43. The van der Waals surface area contributed by atoms with Crippen LogP contribution in [-0.4, -0.2) is 23.7 Å². The fraction of sp³-hybridized carbons (Fsp3) is 1.00. The zero-order valence-electron chi connectivity index (χ0n) is 9.59. The molecule has 1 saturated carbocycles. The minimum Gasteiger partial charge on any atom is -0.330 e. The minimum atomic E-state index is -4.14. The molecule has 1 rings (SSSR count). The summed E-state index contributed by atoms with van der Waals surface area (Å²) in [5.74, 6) is -0.555. The van der Waals surface area contributed by atoms with E-state index in [9.17, 15) is 13.2 Å². The van der Waals surface area contributed by atoms with Crippen molar-refractivity contribution in [2.45, 2.75) is 44.0 Å². The summed E-state index contributed by atoms with van der Waals surface area (Å²) >= 11 is 1.46. The molecule has 16 heavy (non-hydrogen) atoms. The highest BCUT2D eigenvalue weighted by Gasteiger charge is 2.38. The maximum absolute atomic E-state index is 12.5. The van der Waals surface area contributed by atoms with Gasteiger partial charge in [0.15, 0.2) is 0 Å². The highest BCUT2D eigenvalue weighted by Crippen LogP contribution is 2.35. The van der Waals surface area contributed by atoms with Gasteiger partial charge < -0.3 is 5.73 Å². The molecule has 2 N–H and O–H groups in total. The third kappa shape index (κ3) is 4.53. The third-order valence-corrected chi connectivity index (χ3v) is 4.66. The molecule has 0 aromatic rings. The standard InChI is InChI=1S/C11H20F3NS/c1-8-3-2-4-10(5-8)16-7-9(6-15)11(12,13)14/h8-10H,2-7,15H2,1H3. The van der Waals surface area contributed by atoms with Crippen molar-refractivity contribution >= 4 is 11.8 Å². The third-order valence-electron chi connectivity index (χ3n) is 3.17. The second-order valence-electron chi connectivity index (χ2n) is 4.70. The Balaban J connectivity index is 2.32. The first kappa shape index (κ1) is 14.2. The SMILES string of the molecule is CC1CCCC(SCC(CN)C(F)(F)F)C1. The van der Waals surface area contributed by atoms with Crippen molar-refractivity contribution in [3.05, 3.63) is 0 Å². The fourth-order valence-electron chi connectivity index (χ4n) is 2.08. The summed E-state index contributed by atoms with van der Waals surface area (Å²) in [4.78, 5) is 0. The van der Waals surface area contributed by atoms with Crippen molar-refractivity contribution in [3.8, 4) is 0 Å². The molecule has 1 nitrogen and oxygen atoms in total. The zero-order valence-corrected chi connectivity index (χ0v) is 10.4. The van der Waals surface area contributed by atoms with Crippen LogP contribution in [0.5, 0.6) is 0 Å². The molecule has 0 amide bonds. The number of hydrogen-bond donors (Lipinski definition) is 1. The van der Waals surface area contributed by atoms with Crippen molar-refractivity contribution in [2.75, 3.05) is 12.3 Å². The van der Waals surface area contributed by atoms with Crippen LogP contribution in [-0.2, 0) is 0 Å². The van der Waals surface area contributed by atoms with Crippen LogP contribution in [0.25, 0.3) is 0 Å². The number of nitrogens with two attached hydrogens (primary N) is 1. The van der Waals surface area contributed by atoms with Crippen LogP contribution in [0.1, 0.15) is 32.6 Å².